The number of benzene rings is 3. The molecule has 0 aliphatic rings. The van der Waals surface area contributed by atoms with Crippen LogP contribution in [0.1, 0.15) is 21.5 Å². The predicted octanol–water partition coefficient (Wildman–Crippen LogP) is 4.66. The maximum Gasteiger partial charge on any atom is 0.335 e. The molecule has 0 aromatic heterocycles. The number of carbonyl (C=O) groups excluding carboxylic acids is 1. The van der Waals surface area contributed by atoms with Gasteiger partial charge in [0, 0.05) is 11.3 Å². The number of anilines is 1. The van der Waals surface area contributed by atoms with Crippen LogP contribution in [0.4, 0.5) is 10.1 Å². The van der Waals surface area contributed by atoms with Crippen LogP contribution in [-0.2, 0) is 11.4 Å². The number of nitrogens with one attached hydrogen (secondary N) is 1. The van der Waals surface area contributed by atoms with Crippen molar-refractivity contribution in [3.63, 3.8) is 0 Å². The van der Waals surface area contributed by atoms with Gasteiger partial charge in [-0.15, -0.1) is 0 Å². The van der Waals surface area contributed by atoms with Gasteiger partial charge >= 0.3 is 5.97 Å². The van der Waals surface area contributed by atoms with Gasteiger partial charge in [-0.2, -0.15) is 5.26 Å². The molecule has 2 N–H and O–H groups in total. The summed E-state index contributed by atoms with van der Waals surface area (Å²) in [6.07, 6.45) is 1.36. The first kappa shape index (κ1) is 23.0. The molecule has 0 saturated carbocycles. The van der Waals surface area contributed by atoms with E-state index in [1.54, 1.807) is 30.3 Å². The van der Waals surface area contributed by atoms with E-state index >= 15 is 0 Å². The van der Waals surface area contributed by atoms with Gasteiger partial charge in [-0.1, -0.05) is 24.3 Å². The summed E-state index contributed by atoms with van der Waals surface area (Å²) in [5.41, 5.74) is 1.37. The Kier molecular flexibility index (Phi) is 7.39. The van der Waals surface area contributed by atoms with Gasteiger partial charge in [-0.25, -0.2) is 9.18 Å². The third kappa shape index (κ3) is 5.95. The van der Waals surface area contributed by atoms with Gasteiger partial charge in [-0.3, -0.25) is 4.79 Å². The summed E-state index contributed by atoms with van der Waals surface area (Å²) in [6, 6.07) is 18.3. The van der Waals surface area contributed by atoms with Gasteiger partial charge in [-0.05, 0) is 54.1 Å². The second-order valence-corrected chi connectivity index (χ2v) is 6.80. The van der Waals surface area contributed by atoms with E-state index in [9.17, 15) is 19.2 Å². The maximum absolute atomic E-state index is 13.1. The van der Waals surface area contributed by atoms with Gasteiger partial charge < -0.3 is 19.9 Å². The lowest BCUT2D eigenvalue weighted by Crippen LogP contribution is -2.13. The number of aromatic carboxylic acids is 1. The highest BCUT2D eigenvalue weighted by Gasteiger charge is 2.15. The number of rotatable bonds is 8. The van der Waals surface area contributed by atoms with Crippen molar-refractivity contribution in [1.82, 2.24) is 0 Å². The van der Waals surface area contributed by atoms with E-state index in [2.05, 4.69) is 5.32 Å². The number of carbonyl (C=O) groups is 2. The topological polar surface area (TPSA) is 109 Å². The fourth-order valence-corrected chi connectivity index (χ4v) is 2.90. The van der Waals surface area contributed by atoms with Crippen LogP contribution in [0.25, 0.3) is 6.08 Å². The molecular formula is C25H19FN2O5. The summed E-state index contributed by atoms with van der Waals surface area (Å²) in [6.45, 7) is 0.117. The molecule has 3 aromatic rings. The molecule has 1 amide bonds. The zero-order valence-corrected chi connectivity index (χ0v) is 17.5. The van der Waals surface area contributed by atoms with Crippen LogP contribution in [-0.4, -0.2) is 24.1 Å². The zero-order valence-electron chi connectivity index (χ0n) is 17.5. The fourth-order valence-electron chi connectivity index (χ4n) is 2.90. The largest absolute Gasteiger partial charge is 0.493 e. The Labute approximate surface area is 189 Å². The van der Waals surface area contributed by atoms with Crippen molar-refractivity contribution in [2.24, 2.45) is 0 Å². The van der Waals surface area contributed by atoms with Crippen LogP contribution in [0, 0.1) is 17.1 Å². The molecule has 0 aliphatic carbocycles. The fraction of sp³-hybridized carbons (Fsp3) is 0.0800. The van der Waals surface area contributed by atoms with Crippen LogP contribution in [0.2, 0.25) is 0 Å². The molecule has 0 bridgehead atoms. The number of carboxylic acid groups (broad SMARTS) is 1. The highest BCUT2D eigenvalue weighted by Crippen LogP contribution is 2.33. The van der Waals surface area contributed by atoms with E-state index in [1.807, 2.05) is 6.07 Å². The number of carboxylic acids is 1. The number of hydrogen-bond donors (Lipinski definition) is 2. The van der Waals surface area contributed by atoms with Crippen molar-refractivity contribution in [1.29, 1.82) is 5.26 Å². The molecule has 0 saturated heterocycles. The Balaban J connectivity index is 1.84. The van der Waals surface area contributed by atoms with Crippen LogP contribution < -0.4 is 14.8 Å². The standard InChI is InChI=1S/C25H19FN2O5/c1-32-22-4-2-3-18(23(22)33-15-16-5-9-20(26)10-6-16)13-19(14-27)24(29)28-21-11-7-17(8-12-21)25(30)31/h2-13H,15H2,1H3,(H,28,29)(H,30,31)/b19-13+. The van der Waals surface area contributed by atoms with Crippen LogP contribution >= 0.6 is 0 Å². The molecule has 33 heavy (non-hydrogen) atoms. The number of halogens is 1. The minimum Gasteiger partial charge on any atom is -0.493 e. The van der Waals surface area contributed by atoms with Gasteiger partial charge in [0.2, 0.25) is 0 Å². The van der Waals surface area contributed by atoms with Crippen LogP contribution in [0.3, 0.4) is 0 Å². The minimum atomic E-state index is -1.09. The van der Waals surface area contributed by atoms with Gasteiger partial charge in [0.05, 0.1) is 12.7 Å². The first-order chi connectivity index (χ1) is 15.9. The van der Waals surface area contributed by atoms with Crippen molar-refractivity contribution in [2.75, 3.05) is 12.4 Å². The number of ether oxygens (including phenoxy) is 2. The van der Waals surface area contributed by atoms with Gasteiger partial charge in [0.25, 0.3) is 5.91 Å². The number of amides is 1. The highest BCUT2D eigenvalue weighted by molar-refractivity contribution is 6.10. The first-order valence-electron chi connectivity index (χ1n) is 9.72. The monoisotopic (exact) mass is 446 g/mol. The Morgan fingerprint density at radius 1 is 1.09 bits per heavy atom. The Morgan fingerprint density at radius 3 is 2.39 bits per heavy atom. The van der Waals surface area contributed by atoms with Crippen molar-refractivity contribution in [3.8, 4) is 17.6 Å². The van der Waals surface area contributed by atoms with E-state index in [-0.39, 0.29) is 23.6 Å². The van der Waals surface area contributed by atoms with E-state index in [0.717, 1.165) is 5.56 Å². The molecule has 0 atom stereocenters. The molecule has 0 spiro atoms. The van der Waals surface area contributed by atoms with Gasteiger partial charge in [0.1, 0.15) is 24.1 Å². The summed E-state index contributed by atoms with van der Waals surface area (Å²) in [5, 5.41) is 21.1. The van der Waals surface area contributed by atoms with E-state index < -0.39 is 11.9 Å². The lowest BCUT2D eigenvalue weighted by molar-refractivity contribution is -0.112. The summed E-state index contributed by atoms with van der Waals surface area (Å²) < 4.78 is 24.4. The molecule has 3 rings (SSSR count). The Morgan fingerprint density at radius 2 is 1.79 bits per heavy atom. The average Bonchev–Trinajstić information content (AvgIpc) is 2.82. The van der Waals surface area contributed by atoms with Crippen molar-refractivity contribution >= 4 is 23.6 Å². The normalized spacial score (nSPS) is 10.8. The molecular weight excluding hydrogens is 427 g/mol. The number of nitrogens with zero attached hydrogens (tertiary/aromatic N) is 1. The zero-order chi connectivity index (χ0) is 23.8. The summed E-state index contributed by atoms with van der Waals surface area (Å²) in [7, 11) is 1.46. The number of para-hydroxylation sites is 1. The molecule has 8 heteroatoms. The summed E-state index contributed by atoms with van der Waals surface area (Å²) >= 11 is 0. The predicted molar refractivity (Wildman–Crippen MR) is 119 cm³/mol. The third-order valence-electron chi connectivity index (χ3n) is 4.58. The second kappa shape index (κ2) is 10.6. The maximum atomic E-state index is 13.1. The highest BCUT2D eigenvalue weighted by atomic mass is 19.1. The van der Waals surface area contributed by atoms with E-state index in [0.29, 0.717) is 22.7 Å². The molecule has 7 nitrogen and oxygen atoms in total. The minimum absolute atomic E-state index is 0.0726. The third-order valence-corrected chi connectivity index (χ3v) is 4.58. The second-order valence-electron chi connectivity index (χ2n) is 6.80. The number of nitriles is 1. The lowest BCUT2D eigenvalue weighted by Gasteiger charge is -2.14. The quantitative estimate of drug-likeness (QED) is 0.385. The molecule has 0 aliphatic heterocycles. The summed E-state index contributed by atoms with van der Waals surface area (Å²) in [4.78, 5) is 23.6. The lowest BCUT2D eigenvalue weighted by atomic mass is 10.1. The SMILES string of the molecule is COc1cccc(/C=C(\C#N)C(=O)Nc2ccc(C(=O)O)cc2)c1OCc1ccc(F)cc1. The number of hydrogen-bond acceptors (Lipinski definition) is 5. The van der Waals surface area contributed by atoms with Crippen LogP contribution in [0.15, 0.2) is 72.3 Å². The van der Waals surface area contributed by atoms with E-state index in [4.69, 9.17) is 14.6 Å². The summed E-state index contributed by atoms with van der Waals surface area (Å²) in [5.74, 6) is -1.41. The number of methoxy groups -OCH3 is 1. The van der Waals surface area contributed by atoms with Crippen LogP contribution in [0.5, 0.6) is 11.5 Å². The van der Waals surface area contributed by atoms with Crippen molar-refractivity contribution < 1.29 is 28.6 Å². The molecule has 166 valence electrons. The molecule has 0 fully saturated rings. The molecule has 0 heterocycles. The van der Waals surface area contributed by atoms with Gasteiger partial charge in [0.15, 0.2) is 11.5 Å². The smallest absolute Gasteiger partial charge is 0.335 e. The Hall–Kier alpha value is -4.64. The average molecular weight is 446 g/mol. The molecule has 0 unspecified atom stereocenters. The van der Waals surface area contributed by atoms with Crippen molar-refractivity contribution in [3.05, 3.63) is 94.8 Å². The first-order valence-corrected chi connectivity index (χ1v) is 9.72. The molecule has 0 radical (unpaired) electrons. The van der Waals surface area contributed by atoms with E-state index in [1.165, 1.54) is 49.6 Å². The molecule has 3 aromatic carbocycles. The van der Waals surface area contributed by atoms with Crippen molar-refractivity contribution in [2.45, 2.75) is 6.61 Å². The Bertz CT molecular complexity index is 1230.